The van der Waals surface area contributed by atoms with Gasteiger partial charge >= 0.3 is 0 Å². The molecule has 3 aromatic carbocycles. The average molecular weight is 538 g/mol. The van der Waals surface area contributed by atoms with Gasteiger partial charge in [0.1, 0.15) is 18.3 Å². The van der Waals surface area contributed by atoms with Gasteiger partial charge in [-0.25, -0.2) is 8.42 Å². The van der Waals surface area contributed by atoms with Gasteiger partial charge in [-0.05, 0) is 54.8 Å². The van der Waals surface area contributed by atoms with Crippen molar-refractivity contribution < 1.29 is 22.7 Å². The van der Waals surface area contributed by atoms with Crippen molar-refractivity contribution in [3.05, 3.63) is 90.5 Å². The maximum Gasteiger partial charge on any atom is 0.264 e. The van der Waals surface area contributed by atoms with E-state index in [1.54, 1.807) is 49.4 Å². The highest BCUT2D eigenvalue weighted by Crippen LogP contribution is 2.26. The number of amides is 2. The van der Waals surface area contributed by atoms with Crippen LogP contribution in [0.25, 0.3) is 0 Å². The van der Waals surface area contributed by atoms with Crippen LogP contribution < -0.4 is 14.4 Å². The molecule has 0 bridgehead atoms. The smallest absolute Gasteiger partial charge is 0.264 e. The molecule has 3 rings (SSSR count). The Labute approximate surface area is 225 Å². The van der Waals surface area contributed by atoms with Gasteiger partial charge in [-0.1, -0.05) is 62.4 Å². The number of hydrogen-bond acceptors (Lipinski definition) is 5. The first-order valence-corrected chi connectivity index (χ1v) is 13.9. The van der Waals surface area contributed by atoms with E-state index < -0.39 is 28.5 Å². The summed E-state index contributed by atoms with van der Waals surface area (Å²) in [5.41, 5.74) is 1.13. The number of rotatable bonds is 12. The standard InChI is InChI=1S/C29H35N3O5S/c1-22(2)19-30-29(34)23(3)31(20-24-11-7-5-8-12-24)28(33)21-32(25-15-17-26(37-4)18-16-25)38(35,36)27-13-9-6-10-14-27/h5-18,22-23H,19-21H2,1-4H3,(H,30,34). The van der Waals surface area contributed by atoms with Crippen molar-refractivity contribution in [3.8, 4) is 5.75 Å². The molecule has 1 atom stereocenters. The number of nitrogens with one attached hydrogen (secondary N) is 1. The fraction of sp³-hybridized carbons (Fsp3) is 0.310. The van der Waals surface area contributed by atoms with Crippen molar-refractivity contribution in [3.63, 3.8) is 0 Å². The second kappa shape index (κ2) is 13.1. The minimum atomic E-state index is -4.10. The summed E-state index contributed by atoms with van der Waals surface area (Å²) >= 11 is 0. The number of anilines is 1. The fourth-order valence-corrected chi connectivity index (χ4v) is 5.25. The summed E-state index contributed by atoms with van der Waals surface area (Å²) in [6.07, 6.45) is 0. The molecule has 0 fully saturated rings. The van der Waals surface area contributed by atoms with E-state index in [2.05, 4.69) is 5.32 Å². The van der Waals surface area contributed by atoms with Gasteiger partial charge in [-0.15, -0.1) is 0 Å². The largest absolute Gasteiger partial charge is 0.497 e. The first-order chi connectivity index (χ1) is 18.1. The van der Waals surface area contributed by atoms with E-state index in [1.807, 2.05) is 44.2 Å². The lowest BCUT2D eigenvalue weighted by Crippen LogP contribution is -2.51. The van der Waals surface area contributed by atoms with E-state index in [-0.39, 0.29) is 23.3 Å². The highest BCUT2D eigenvalue weighted by molar-refractivity contribution is 7.92. The van der Waals surface area contributed by atoms with Crippen LogP contribution in [-0.4, -0.2) is 51.4 Å². The second-order valence-corrected chi connectivity index (χ2v) is 11.2. The van der Waals surface area contributed by atoms with E-state index >= 15 is 0 Å². The second-order valence-electron chi connectivity index (χ2n) is 9.34. The molecule has 0 radical (unpaired) electrons. The van der Waals surface area contributed by atoms with Crippen LogP contribution in [0.2, 0.25) is 0 Å². The van der Waals surface area contributed by atoms with E-state index in [1.165, 1.54) is 24.1 Å². The van der Waals surface area contributed by atoms with Crippen molar-refractivity contribution in [2.45, 2.75) is 38.3 Å². The summed E-state index contributed by atoms with van der Waals surface area (Å²) in [5, 5.41) is 2.88. The lowest BCUT2D eigenvalue weighted by molar-refractivity contribution is -0.139. The summed E-state index contributed by atoms with van der Waals surface area (Å²) in [5.74, 6) is -0.00874. The van der Waals surface area contributed by atoms with Crippen LogP contribution in [0.15, 0.2) is 89.8 Å². The highest BCUT2D eigenvalue weighted by atomic mass is 32.2. The van der Waals surface area contributed by atoms with Gasteiger partial charge in [-0.2, -0.15) is 0 Å². The Bertz CT molecular complexity index is 1300. The molecule has 0 saturated carbocycles. The first kappa shape index (κ1) is 28.7. The quantitative estimate of drug-likeness (QED) is 0.376. The zero-order valence-electron chi connectivity index (χ0n) is 22.2. The van der Waals surface area contributed by atoms with Gasteiger partial charge < -0.3 is 15.0 Å². The van der Waals surface area contributed by atoms with Crippen molar-refractivity contribution >= 4 is 27.5 Å². The Morgan fingerprint density at radius 2 is 1.45 bits per heavy atom. The summed E-state index contributed by atoms with van der Waals surface area (Å²) in [4.78, 5) is 28.3. The third-order valence-electron chi connectivity index (χ3n) is 6.02. The maximum atomic E-state index is 13.8. The summed E-state index contributed by atoms with van der Waals surface area (Å²) in [6, 6.07) is 22.9. The molecule has 1 N–H and O–H groups in total. The number of methoxy groups -OCH3 is 1. The highest BCUT2D eigenvalue weighted by Gasteiger charge is 2.32. The summed E-state index contributed by atoms with van der Waals surface area (Å²) in [7, 11) is -2.58. The number of nitrogens with zero attached hydrogens (tertiary/aromatic N) is 2. The lowest BCUT2D eigenvalue weighted by Gasteiger charge is -2.32. The Morgan fingerprint density at radius 3 is 2.00 bits per heavy atom. The number of benzene rings is 3. The lowest BCUT2D eigenvalue weighted by atomic mass is 10.1. The molecule has 0 aliphatic heterocycles. The molecule has 3 aromatic rings. The van der Waals surface area contributed by atoms with Crippen molar-refractivity contribution in [2.24, 2.45) is 5.92 Å². The number of carbonyl (C=O) groups excluding carboxylic acids is 2. The van der Waals surface area contributed by atoms with Gasteiger partial charge in [0.15, 0.2) is 0 Å². The molecule has 0 aliphatic carbocycles. The van der Waals surface area contributed by atoms with Crippen molar-refractivity contribution in [1.29, 1.82) is 0 Å². The molecule has 0 aromatic heterocycles. The number of hydrogen-bond donors (Lipinski definition) is 1. The zero-order chi connectivity index (χ0) is 27.7. The van der Waals surface area contributed by atoms with Crippen LogP contribution >= 0.6 is 0 Å². The van der Waals surface area contributed by atoms with E-state index in [4.69, 9.17) is 4.74 Å². The van der Waals surface area contributed by atoms with Crippen LogP contribution in [0.4, 0.5) is 5.69 Å². The molecule has 0 heterocycles. The van der Waals surface area contributed by atoms with Crippen LogP contribution in [0.1, 0.15) is 26.3 Å². The van der Waals surface area contributed by atoms with Gasteiger partial charge in [-0.3, -0.25) is 13.9 Å². The van der Waals surface area contributed by atoms with Crippen LogP contribution in [-0.2, 0) is 26.2 Å². The number of ether oxygens (including phenoxy) is 1. The SMILES string of the molecule is COc1ccc(N(CC(=O)N(Cc2ccccc2)C(C)C(=O)NCC(C)C)S(=O)(=O)c2ccccc2)cc1. The molecule has 1 unspecified atom stereocenters. The van der Waals surface area contributed by atoms with Gasteiger partial charge in [0.05, 0.1) is 17.7 Å². The first-order valence-electron chi connectivity index (χ1n) is 12.5. The van der Waals surface area contributed by atoms with Crippen LogP contribution in [0.3, 0.4) is 0 Å². The molecule has 0 saturated heterocycles. The summed E-state index contributed by atoms with van der Waals surface area (Å²) < 4.78 is 33.7. The normalized spacial score (nSPS) is 12.0. The molecule has 0 aliphatic rings. The third-order valence-corrected chi connectivity index (χ3v) is 7.81. The maximum absolute atomic E-state index is 13.8. The molecule has 0 spiro atoms. The Kier molecular flexibility index (Phi) is 9.90. The van der Waals surface area contributed by atoms with E-state index in [0.29, 0.717) is 18.0 Å². The van der Waals surface area contributed by atoms with Gasteiger partial charge in [0, 0.05) is 13.1 Å². The monoisotopic (exact) mass is 537 g/mol. The number of sulfonamides is 1. The summed E-state index contributed by atoms with van der Waals surface area (Å²) in [6.45, 7) is 5.75. The molecular formula is C29H35N3O5S. The Hall–Kier alpha value is -3.85. The zero-order valence-corrected chi connectivity index (χ0v) is 23.0. The molecule has 38 heavy (non-hydrogen) atoms. The van der Waals surface area contributed by atoms with Crippen molar-refractivity contribution in [2.75, 3.05) is 24.5 Å². The average Bonchev–Trinajstić information content (AvgIpc) is 2.93. The van der Waals surface area contributed by atoms with Crippen LogP contribution in [0, 0.1) is 5.92 Å². The minimum Gasteiger partial charge on any atom is -0.497 e. The van der Waals surface area contributed by atoms with Crippen LogP contribution in [0.5, 0.6) is 5.75 Å². The Balaban J connectivity index is 1.98. The fourth-order valence-electron chi connectivity index (χ4n) is 3.81. The molecule has 2 amide bonds. The topological polar surface area (TPSA) is 96.0 Å². The molecule has 8 nitrogen and oxygen atoms in total. The van der Waals surface area contributed by atoms with Crippen molar-refractivity contribution in [1.82, 2.24) is 10.2 Å². The van der Waals surface area contributed by atoms with Gasteiger partial charge in [0.25, 0.3) is 10.0 Å². The van der Waals surface area contributed by atoms with E-state index in [0.717, 1.165) is 9.87 Å². The van der Waals surface area contributed by atoms with Gasteiger partial charge in [0.2, 0.25) is 11.8 Å². The number of carbonyl (C=O) groups is 2. The predicted molar refractivity (Wildman–Crippen MR) is 148 cm³/mol. The minimum absolute atomic E-state index is 0.0564. The van der Waals surface area contributed by atoms with E-state index in [9.17, 15) is 18.0 Å². The Morgan fingerprint density at radius 1 is 0.868 bits per heavy atom. The molecular weight excluding hydrogens is 502 g/mol. The molecule has 202 valence electrons. The third kappa shape index (κ3) is 7.35. The molecule has 9 heteroatoms. The predicted octanol–water partition coefficient (Wildman–Crippen LogP) is 4.08.